The Morgan fingerprint density at radius 2 is 2.06 bits per heavy atom. The van der Waals surface area contributed by atoms with Gasteiger partial charge < -0.3 is 4.90 Å². The topological polar surface area (TPSA) is 47.3 Å². The molecule has 1 unspecified atom stereocenters. The van der Waals surface area contributed by atoms with Gasteiger partial charge in [0, 0.05) is 50.9 Å². The number of halogens is 1. The fourth-order valence-corrected chi connectivity index (χ4v) is 1.91. The standard InChI is InChI=1S/C11H18ClN3O/c1-10(9-12)11(16)15-7-5-14(6-8-15)4-2-3-13/h10H,2,4-9H2,1H3. The number of carbonyl (C=O) groups is 1. The summed E-state index contributed by atoms with van der Waals surface area (Å²) >= 11 is 5.67. The number of rotatable bonds is 4. The zero-order valence-electron chi connectivity index (χ0n) is 9.65. The molecule has 1 aliphatic rings. The number of nitriles is 1. The van der Waals surface area contributed by atoms with E-state index in [1.165, 1.54) is 0 Å². The van der Waals surface area contributed by atoms with Crippen LogP contribution in [-0.2, 0) is 4.79 Å². The number of carbonyl (C=O) groups excluding carboxylic acids is 1. The highest BCUT2D eigenvalue weighted by atomic mass is 35.5. The second-order valence-corrected chi connectivity index (χ2v) is 4.44. The van der Waals surface area contributed by atoms with Gasteiger partial charge in [-0.3, -0.25) is 9.69 Å². The number of piperazine rings is 1. The fraction of sp³-hybridized carbons (Fsp3) is 0.818. The maximum Gasteiger partial charge on any atom is 0.226 e. The lowest BCUT2D eigenvalue weighted by atomic mass is 10.1. The van der Waals surface area contributed by atoms with Crippen LogP contribution in [0.5, 0.6) is 0 Å². The fourth-order valence-electron chi connectivity index (χ4n) is 1.78. The highest BCUT2D eigenvalue weighted by molar-refractivity contribution is 6.19. The van der Waals surface area contributed by atoms with Crippen molar-refractivity contribution >= 4 is 17.5 Å². The Hall–Kier alpha value is -0.790. The van der Waals surface area contributed by atoms with Crippen LogP contribution in [0.2, 0.25) is 0 Å². The molecule has 1 heterocycles. The van der Waals surface area contributed by atoms with E-state index in [4.69, 9.17) is 16.9 Å². The van der Waals surface area contributed by atoms with E-state index < -0.39 is 0 Å². The van der Waals surface area contributed by atoms with Gasteiger partial charge in [-0.1, -0.05) is 6.92 Å². The third kappa shape index (κ3) is 3.66. The summed E-state index contributed by atoms with van der Waals surface area (Å²) in [6, 6.07) is 2.14. The summed E-state index contributed by atoms with van der Waals surface area (Å²) in [6.45, 7) is 5.91. The van der Waals surface area contributed by atoms with Crippen molar-refractivity contribution in [1.29, 1.82) is 5.26 Å². The lowest BCUT2D eigenvalue weighted by Gasteiger charge is -2.35. The Balaban J connectivity index is 2.32. The van der Waals surface area contributed by atoms with Crippen LogP contribution in [0, 0.1) is 17.2 Å². The first kappa shape index (κ1) is 13.3. The van der Waals surface area contributed by atoms with Crippen LogP contribution >= 0.6 is 11.6 Å². The Morgan fingerprint density at radius 3 is 2.56 bits per heavy atom. The van der Waals surface area contributed by atoms with E-state index in [1.54, 1.807) is 0 Å². The Kier molecular flexibility index (Phi) is 5.58. The first-order valence-corrected chi connectivity index (χ1v) is 6.16. The number of amides is 1. The Bertz CT molecular complexity index is 269. The third-order valence-electron chi connectivity index (χ3n) is 2.88. The van der Waals surface area contributed by atoms with Gasteiger partial charge in [-0.05, 0) is 0 Å². The molecule has 0 saturated carbocycles. The van der Waals surface area contributed by atoms with Crippen molar-refractivity contribution in [2.75, 3.05) is 38.6 Å². The van der Waals surface area contributed by atoms with Crippen molar-refractivity contribution in [3.63, 3.8) is 0 Å². The minimum atomic E-state index is -0.0904. The third-order valence-corrected chi connectivity index (χ3v) is 3.34. The highest BCUT2D eigenvalue weighted by Crippen LogP contribution is 2.08. The van der Waals surface area contributed by atoms with Gasteiger partial charge in [-0.2, -0.15) is 5.26 Å². The average Bonchev–Trinajstić information content (AvgIpc) is 2.35. The normalized spacial score (nSPS) is 19.2. The Morgan fingerprint density at radius 1 is 1.44 bits per heavy atom. The molecular formula is C11H18ClN3O. The van der Waals surface area contributed by atoms with E-state index in [1.807, 2.05) is 11.8 Å². The van der Waals surface area contributed by atoms with Gasteiger partial charge in [0.15, 0.2) is 0 Å². The minimum absolute atomic E-state index is 0.0904. The van der Waals surface area contributed by atoms with E-state index in [0.717, 1.165) is 32.7 Å². The molecule has 0 aromatic rings. The SMILES string of the molecule is CC(CCl)C(=O)N1CCN(CCC#N)CC1. The van der Waals surface area contributed by atoms with Gasteiger partial charge in [-0.15, -0.1) is 11.6 Å². The van der Waals surface area contributed by atoms with Crippen molar-refractivity contribution in [1.82, 2.24) is 9.80 Å². The molecule has 0 bridgehead atoms. The molecule has 0 spiro atoms. The van der Waals surface area contributed by atoms with Crippen molar-refractivity contribution in [2.45, 2.75) is 13.3 Å². The van der Waals surface area contributed by atoms with Gasteiger partial charge >= 0.3 is 0 Å². The van der Waals surface area contributed by atoms with E-state index >= 15 is 0 Å². The van der Waals surface area contributed by atoms with Gasteiger partial charge in [0.25, 0.3) is 0 Å². The minimum Gasteiger partial charge on any atom is -0.340 e. The summed E-state index contributed by atoms with van der Waals surface area (Å²) in [4.78, 5) is 15.9. The van der Waals surface area contributed by atoms with Gasteiger partial charge in [0.1, 0.15) is 0 Å². The molecule has 90 valence electrons. The van der Waals surface area contributed by atoms with Crippen LogP contribution in [0.1, 0.15) is 13.3 Å². The molecular weight excluding hydrogens is 226 g/mol. The second kappa shape index (κ2) is 6.72. The van der Waals surface area contributed by atoms with Crippen LogP contribution in [0.15, 0.2) is 0 Å². The van der Waals surface area contributed by atoms with E-state index in [9.17, 15) is 4.79 Å². The summed E-state index contributed by atoms with van der Waals surface area (Å²) in [7, 11) is 0. The second-order valence-electron chi connectivity index (χ2n) is 4.13. The average molecular weight is 244 g/mol. The molecule has 1 rings (SSSR count). The van der Waals surface area contributed by atoms with Crippen molar-refractivity contribution in [3.8, 4) is 6.07 Å². The van der Waals surface area contributed by atoms with Crippen LogP contribution in [0.3, 0.4) is 0 Å². The lowest BCUT2D eigenvalue weighted by molar-refractivity contribution is -0.136. The zero-order valence-corrected chi connectivity index (χ0v) is 10.4. The van der Waals surface area contributed by atoms with E-state index in [0.29, 0.717) is 12.3 Å². The van der Waals surface area contributed by atoms with E-state index in [2.05, 4.69) is 11.0 Å². The van der Waals surface area contributed by atoms with Crippen molar-refractivity contribution in [2.24, 2.45) is 5.92 Å². The van der Waals surface area contributed by atoms with Crippen molar-refractivity contribution < 1.29 is 4.79 Å². The Labute approximate surface area is 102 Å². The van der Waals surface area contributed by atoms with Gasteiger partial charge in [-0.25, -0.2) is 0 Å². The summed E-state index contributed by atoms with van der Waals surface area (Å²) in [6.07, 6.45) is 0.562. The predicted molar refractivity (Wildman–Crippen MR) is 63.1 cm³/mol. The molecule has 1 amide bonds. The molecule has 1 saturated heterocycles. The number of alkyl halides is 1. The molecule has 1 fully saturated rings. The largest absolute Gasteiger partial charge is 0.340 e. The maximum atomic E-state index is 11.8. The van der Waals surface area contributed by atoms with Gasteiger partial charge in [0.05, 0.1) is 6.07 Å². The van der Waals surface area contributed by atoms with Crippen LogP contribution in [-0.4, -0.2) is 54.3 Å². The first-order chi connectivity index (χ1) is 7.69. The van der Waals surface area contributed by atoms with Crippen LogP contribution in [0.25, 0.3) is 0 Å². The molecule has 0 aliphatic carbocycles. The van der Waals surface area contributed by atoms with Crippen LogP contribution in [0.4, 0.5) is 0 Å². The molecule has 0 aromatic heterocycles. The molecule has 0 radical (unpaired) electrons. The molecule has 0 N–H and O–H groups in total. The summed E-state index contributed by atoms with van der Waals surface area (Å²) in [5.74, 6) is 0.440. The van der Waals surface area contributed by atoms with Crippen LogP contribution < -0.4 is 0 Å². The molecule has 1 aliphatic heterocycles. The summed E-state index contributed by atoms with van der Waals surface area (Å²) in [5.41, 5.74) is 0. The summed E-state index contributed by atoms with van der Waals surface area (Å²) < 4.78 is 0. The monoisotopic (exact) mass is 243 g/mol. The van der Waals surface area contributed by atoms with Crippen molar-refractivity contribution in [3.05, 3.63) is 0 Å². The quantitative estimate of drug-likeness (QED) is 0.690. The lowest BCUT2D eigenvalue weighted by Crippen LogP contribution is -2.50. The number of nitrogens with zero attached hydrogens (tertiary/aromatic N) is 3. The highest BCUT2D eigenvalue weighted by Gasteiger charge is 2.23. The molecule has 16 heavy (non-hydrogen) atoms. The predicted octanol–water partition coefficient (Wildman–Crippen LogP) is 0.919. The first-order valence-electron chi connectivity index (χ1n) is 5.63. The molecule has 4 nitrogen and oxygen atoms in total. The maximum absolute atomic E-state index is 11.8. The van der Waals surface area contributed by atoms with E-state index in [-0.39, 0.29) is 11.8 Å². The molecule has 0 aromatic carbocycles. The van der Waals surface area contributed by atoms with Gasteiger partial charge in [0.2, 0.25) is 5.91 Å². The zero-order chi connectivity index (χ0) is 12.0. The summed E-state index contributed by atoms with van der Waals surface area (Å²) in [5, 5.41) is 8.49. The molecule has 1 atom stereocenters. The number of hydrogen-bond donors (Lipinski definition) is 0. The number of hydrogen-bond acceptors (Lipinski definition) is 3. The molecule has 5 heteroatoms. The smallest absolute Gasteiger partial charge is 0.226 e.